The summed E-state index contributed by atoms with van der Waals surface area (Å²) >= 11 is 0. The highest BCUT2D eigenvalue weighted by atomic mass is 16.1. The molecule has 0 spiro atoms. The zero-order valence-corrected chi connectivity index (χ0v) is 14.2. The third-order valence-corrected chi connectivity index (χ3v) is 4.35. The van der Waals surface area contributed by atoms with E-state index in [0.29, 0.717) is 17.9 Å². The van der Waals surface area contributed by atoms with Gasteiger partial charge in [0, 0.05) is 29.4 Å². The topological polar surface area (TPSA) is 83.8 Å². The molecule has 1 aromatic carbocycles. The molecule has 3 rings (SSSR count). The van der Waals surface area contributed by atoms with Crippen LogP contribution in [0.2, 0.25) is 0 Å². The van der Waals surface area contributed by atoms with Crippen molar-refractivity contribution < 1.29 is 4.79 Å². The molecule has 0 atom stereocenters. The van der Waals surface area contributed by atoms with Crippen molar-refractivity contribution in [2.24, 2.45) is 5.73 Å². The summed E-state index contributed by atoms with van der Waals surface area (Å²) in [6, 6.07) is 7.67. The fraction of sp³-hybridized carbons (Fsp3) is 0.263. The predicted molar refractivity (Wildman–Crippen MR) is 97.2 cm³/mol. The second kappa shape index (κ2) is 6.35. The van der Waals surface area contributed by atoms with Crippen LogP contribution in [0.5, 0.6) is 0 Å². The van der Waals surface area contributed by atoms with Gasteiger partial charge in [-0.2, -0.15) is 0 Å². The maximum Gasteiger partial charge on any atom is 0.248 e. The molecular weight excluding hydrogens is 300 g/mol. The van der Waals surface area contributed by atoms with E-state index >= 15 is 0 Å². The third kappa shape index (κ3) is 2.97. The average molecular weight is 322 g/mol. The Morgan fingerprint density at radius 3 is 2.79 bits per heavy atom. The largest absolute Gasteiger partial charge is 0.366 e. The molecule has 0 aliphatic heterocycles. The van der Waals surface area contributed by atoms with Crippen LogP contribution in [0, 0.1) is 13.8 Å². The number of aromatic nitrogens is 2. The van der Waals surface area contributed by atoms with Gasteiger partial charge in [-0.25, -0.2) is 4.98 Å². The van der Waals surface area contributed by atoms with E-state index in [1.54, 1.807) is 18.3 Å². The lowest BCUT2D eigenvalue weighted by Gasteiger charge is -2.09. The molecule has 24 heavy (non-hydrogen) atoms. The van der Waals surface area contributed by atoms with Crippen LogP contribution in [0.3, 0.4) is 0 Å². The summed E-state index contributed by atoms with van der Waals surface area (Å²) in [6.07, 6.45) is 2.57. The van der Waals surface area contributed by atoms with Crippen molar-refractivity contribution in [1.29, 1.82) is 0 Å². The van der Waals surface area contributed by atoms with E-state index in [-0.39, 0.29) is 0 Å². The fourth-order valence-electron chi connectivity index (χ4n) is 3.07. The lowest BCUT2D eigenvalue weighted by molar-refractivity contribution is 0.1000. The summed E-state index contributed by atoms with van der Waals surface area (Å²) in [5.74, 6) is 0.186. The van der Waals surface area contributed by atoms with Crippen LogP contribution in [0.25, 0.3) is 10.9 Å². The van der Waals surface area contributed by atoms with Crippen molar-refractivity contribution in [2.45, 2.75) is 33.7 Å². The normalized spacial score (nSPS) is 11.0. The molecule has 0 saturated heterocycles. The van der Waals surface area contributed by atoms with Crippen molar-refractivity contribution >= 4 is 22.6 Å². The molecule has 124 valence electrons. The number of rotatable bonds is 5. The first-order valence-electron chi connectivity index (χ1n) is 8.10. The van der Waals surface area contributed by atoms with Gasteiger partial charge in [0.1, 0.15) is 5.82 Å². The minimum Gasteiger partial charge on any atom is -0.366 e. The summed E-state index contributed by atoms with van der Waals surface area (Å²) in [4.78, 5) is 19.1. The summed E-state index contributed by atoms with van der Waals surface area (Å²) in [7, 11) is 0. The Labute approximate surface area is 141 Å². The molecule has 0 aliphatic carbocycles. The minimum absolute atomic E-state index is 0.450. The first kappa shape index (κ1) is 16.1. The Hall–Kier alpha value is -2.82. The smallest absolute Gasteiger partial charge is 0.248 e. The number of aryl methyl sites for hydroxylation is 3. The number of pyridine rings is 1. The standard InChI is InChI=1S/C19H22N4O/c1-4-16-12(3)15-8-11(2)7-14(18(15)23-16)10-22-17-9-13(19(20)24)5-6-21-17/h5-9,23H,4,10H2,1-3H3,(H2,20,24)(H,21,22). The van der Waals surface area contributed by atoms with Crippen molar-refractivity contribution in [3.63, 3.8) is 0 Å². The first-order chi connectivity index (χ1) is 11.5. The molecule has 0 saturated carbocycles. The maximum atomic E-state index is 11.3. The van der Waals surface area contributed by atoms with Gasteiger partial charge in [0.25, 0.3) is 0 Å². The van der Waals surface area contributed by atoms with E-state index in [1.165, 1.54) is 27.8 Å². The van der Waals surface area contributed by atoms with Gasteiger partial charge in [-0.05, 0) is 49.6 Å². The highest BCUT2D eigenvalue weighted by Gasteiger charge is 2.11. The molecule has 5 nitrogen and oxygen atoms in total. The predicted octanol–water partition coefficient (Wildman–Crippen LogP) is 3.45. The van der Waals surface area contributed by atoms with Crippen LogP contribution >= 0.6 is 0 Å². The maximum absolute atomic E-state index is 11.3. The van der Waals surface area contributed by atoms with Crippen molar-refractivity contribution in [3.8, 4) is 0 Å². The molecule has 3 aromatic rings. The van der Waals surface area contributed by atoms with E-state index in [9.17, 15) is 4.79 Å². The molecule has 5 heteroatoms. The van der Waals surface area contributed by atoms with Crippen LogP contribution in [-0.4, -0.2) is 15.9 Å². The first-order valence-corrected chi connectivity index (χ1v) is 8.10. The lowest BCUT2D eigenvalue weighted by atomic mass is 10.0. The van der Waals surface area contributed by atoms with Crippen LogP contribution < -0.4 is 11.1 Å². The molecule has 0 aliphatic rings. The SMILES string of the molecule is CCc1[nH]c2c(CNc3cc(C(N)=O)ccn3)cc(C)cc2c1C. The minimum atomic E-state index is -0.453. The fourth-order valence-corrected chi connectivity index (χ4v) is 3.07. The van der Waals surface area contributed by atoms with Gasteiger partial charge in [-0.1, -0.05) is 18.6 Å². The summed E-state index contributed by atoms with van der Waals surface area (Å²) in [5, 5.41) is 4.55. The van der Waals surface area contributed by atoms with Crippen molar-refractivity contribution in [2.75, 3.05) is 5.32 Å². The van der Waals surface area contributed by atoms with Gasteiger partial charge in [0.05, 0.1) is 5.52 Å². The Bertz CT molecular complexity index is 911. The van der Waals surface area contributed by atoms with Crippen LogP contribution in [0.4, 0.5) is 5.82 Å². The zero-order chi connectivity index (χ0) is 17.3. The zero-order valence-electron chi connectivity index (χ0n) is 14.2. The number of nitrogens with zero attached hydrogens (tertiary/aromatic N) is 1. The number of hydrogen-bond donors (Lipinski definition) is 3. The molecule has 0 radical (unpaired) electrons. The van der Waals surface area contributed by atoms with Gasteiger partial charge in [0.15, 0.2) is 0 Å². The number of benzene rings is 1. The summed E-state index contributed by atoms with van der Waals surface area (Å²) < 4.78 is 0. The number of primary amides is 1. The molecule has 2 heterocycles. The monoisotopic (exact) mass is 322 g/mol. The number of nitrogens with one attached hydrogen (secondary N) is 2. The molecule has 4 N–H and O–H groups in total. The van der Waals surface area contributed by atoms with E-state index in [4.69, 9.17) is 5.73 Å². The second-order valence-corrected chi connectivity index (χ2v) is 6.08. The van der Waals surface area contributed by atoms with E-state index < -0.39 is 5.91 Å². The number of hydrogen-bond acceptors (Lipinski definition) is 3. The lowest BCUT2D eigenvalue weighted by Crippen LogP contribution is -2.12. The number of anilines is 1. The molecule has 1 amide bonds. The number of aromatic amines is 1. The van der Waals surface area contributed by atoms with E-state index in [1.807, 2.05) is 0 Å². The quantitative estimate of drug-likeness (QED) is 0.672. The number of H-pyrrole nitrogens is 1. The van der Waals surface area contributed by atoms with E-state index in [0.717, 1.165) is 11.9 Å². The van der Waals surface area contributed by atoms with Gasteiger partial charge in [-0.15, -0.1) is 0 Å². The number of amides is 1. The molecule has 0 fully saturated rings. The number of fused-ring (bicyclic) bond motifs is 1. The second-order valence-electron chi connectivity index (χ2n) is 6.08. The number of carbonyl (C=O) groups excluding carboxylic acids is 1. The summed E-state index contributed by atoms with van der Waals surface area (Å²) in [5.41, 5.74) is 11.9. The van der Waals surface area contributed by atoms with Crippen molar-refractivity contribution in [1.82, 2.24) is 9.97 Å². The highest BCUT2D eigenvalue weighted by molar-refractivity contribution is 5.93. The van der Waals surface area contributed by atoms with Crippen LogP contribution in [0.1, 0.15) is 39.7 Å². The summed E-state index contributed by atoms with van der Waals surface area (Å²) in [6.45, 7) is 7.04. The van der Waals surface area contributed by atoms with Gasteiger partial charge in [0.2, 0.25) is 5.91 Å². The Kier molecular flexibility index (Phi) is 4.25. The van der Waals surface area contributed by atoms with Crippen LogP contribution in [0.15, 0.2) is 30.5 Å². The van der Waals surface area contributed by atoms with Crippen molar-refractivity contribution in [3.05, 3.63) is 58.4 Å². The Balaban J connectivity index is 1.93. The highest BCUT2D eigenvalue weighted by Crippen LogP contribution is 2.27. The molecule has 2 aromatic heterocycles. The average Bonchev–Trinajstić information content (AvgIpc) is 2.89. The van der Waals surface area contributed by atoms with E-state index in [2.05, 4.69) is 48.2 Å². The molecule has 0 unspecified atom stereocenters. The Morgan fingerprint density at radius 1 is 1.29 bits per heavy atom. The van der Waals surface area contributed by atoms with Crippen LogP contribution in [-0.2, 0) is 13.0 Å². The Morgan fingerprint density at radius 2 is 2.08 bits per heavy atom. The van der Waals surface area contributed by atoms with Gasteiger partial charge in [-0.3, -0.25) is 4.79 Å². The third-order valence-electron chi connectivity index (χ3n) is 4.35. The van der Waals surface area contributed by atoms with Gasteiger partial charge < -0.3 is 16.0 Å². The number of nitrogens with two attached hydrogens (primary N) is 1. The molecule has 0 bridgehead atoms. The number of carbonyl (C=O) groups is 1. The van der Waals surface area contributed by atoms with Gasteiger partial charge >= 0.3 is 0 Å². The molecular formula is C19H22N4O.